The van der Waals surface area contributed by atoms with Gasteiger partial charge in [-0.05, 0) is 25.6 Å². The van der Waals surface area contributed by atoms with Gasteiger partial charge in [0.25, 0.3) is 0 Å². The molecule has 5 nitrogen and oxygen atoms in total. The van der Waals surface area contributed by atoms with Crippen molar-refractivity contribution >= 4 is 35.6 Å². The molecule has 1 aromatic rings. The van der Waals surface area contributed by atoms with Gasteiger partial charge < -0.3 is 16.0 Å². The summed E-state index contributed by atoms with van der Waals surface area (Å²) in [5.74, 6) is 0.486. The SMILES string of the molecule is CCN1CCN(C(C)CN=C(N)Nc2ccccc2)CC1.I. The molecular formula is C16H28IN5. The molecule has 1 aliphatic heterocycles. The lowest BCUT2D eigenvalue weighted by atomic mass is 10.2. The number of nitrogens with one attached hydrogen (secondary N) is 1. The number of hydrogen-bond acceptors (Lipinski definition) is 3. The van der Waals surface area contributed by atoms with E-state index in [1.165, 1.54) is 0 Å². The Hall–Kier alpha value is -0.860. The van der Waals surface area contributed by atoms with E-state index in [1.54, 1.807) is 0 Å². The summed E-state index contributed by atoms with van der Waals surface area (Å²) in [5, 5.41) is 3.12. The van der Waals surface area contributed by atoms with Crippen LogP contribution in [0, 0.1) is 0 Å². The highest BCUT2D eigenvalue weighted by Gasteiger charge is 2.19. The maximum Gasteiger partial charge on any atom is 0.193 e. The summed E-state index contributed by atoms with van der Waals surface area (Å²) in [7, 11) is 0. The van der Waals surface area contributed by atoms with Crippen molar-refractivity contribution in [1.29, 1.82) is 0 Å². The zero-order valence-electron chi connectivity index (χ0n) is 13.5. The number of para-hydroxylation sites is 1. The fourth-order valence-corrected chi connectivity index (χ4v) is 2.58. The minimum absolute atomic E-state index is 0. The Morgan fingerprint density at radius 1 is 1.23 bits per heavy atom. The molecule has 124 valence electrons. The number of piperazine rings is 1. The van der Waals surface area contributed by atoms with Crippen molar-refractivity contribution in [3.63, 3.8) is 0 Å². The van der Waals surface area contributed by atoms with Gasteiger partial charge in [0.2, 0.25) is 0 Å². The van der Waals surface area contributed by atoms with Crippen LogP contribution in [-0.2, 0) is 0 Å². The van der Waals surface area contributed by atoms with Crippen molar-refractivity contribution < 1.29 is 0 Å². The first kappa shape index (κ1) is 19.2. The molecule has 0 aliphatic carbocycles. The minimum atomic E-state index is 0. The summed E-state index contributed by atoms with van der Waals surface area (Å²) in [4.78, 5) is 9.44. The highest BCUT2D eigenvalue weighted by Crippen LogP contribution is 2.07. The monoisotopic (exact) mass is 417 g/mol. The molecule has 6 heteroatoms. The number of anilines is 1. The van der Waals surface area contributed by atoms with Crippen LogP contribution in [0.4, 0.5) is 5.69 Å². The van der Waals surface area contributed by atoms with Gasteiger partial charge in [-0.25, -0.2) is 0 Å². The summed E-state index contributed by atoms with van der Waals surface area (Å²) in [6.45, 7) is 10.9. The van der Waals surface area contributed by atoms with E-state index in [9.17, 15) is 0 Å². The first-order valence-corrected chi connectivity index (χ1v) is 7.77. The average Bonchev–Trinajstić information content (AvgIpc) is 2.53. The van der Waals surface area contributed by atoms with Crippen molar-refractivity contribution in [2.75, 3.05) is 44.6 Å². The summed E-state index contributed by atoms with van der Waals surface area (Å²) in [6.07, 6.45) is 0. The molecule has 0 bridgehead atoms. The summed E-state index contributed by atoms with van der Waals surface area (Å²) in [6, 6.07) is 10.3. The Morgan fingerprint density at radius 3 is 2.45 bits per heavy atom. The van der Waals surface area contributed by atoms with Gasteiger partial charge in [-0.2, -0.15) is 0 Å². The molecule has 0 saturated carbocycles. The third-order valence-electron chi connectivity index (χ3n) is 4.05. The number of likely N-dealkylation sites (N-methyl/N-ethyl adjacent to an activating group) is 1. The van der Waals surface area contributed by atoms with E-state index in [2.05, 4.69) is 34.0 Å². The first-order chi connectivity index (χ1) is 10.2. The molecule has 0 radical (unpaired) electrons. The second kappa shape index (κ2) is 10.0. The van der Waals surface area contributed by atoms with Crippen LogP contribution >= 0.6 is 24.0 Å². The molecular weight excluding hydrogens is 389 g/mol. The van der Waals surface area contributed by atoms with Gasteiger partial charge in [0.05, 0.1) is 6.54 Å². The smallest absolute Gasteiger partial charge is 0.193 e. The van der Waals surface area contributed by atoms with E-state index in [0.29, 0.717) is 12.0 Å². The molecule has 0 amide bonds. The van der Waals surface area contributed by atoms with Gasteiger partial charge in [0, 0.05) is 37.9 Å². The molecule has 22 heavy (non-hydrogen) atoms. The molecule has 0 aromatic heterocycles. The summed E-state index contributed by atoms with van der Waals surface area (Å²) < 4.78 is 0. The molecule has 1 fully saturated rings. The zero-order valence-corrected chi connectivity index (χ0v) is 15.9. The first-order valence-electron chi connectivity index (χ1n) is 7.77. The van der Waals surface area contributed by atoms with E-state index in [4.69, 9.17) is 5.73 Å². The third kappa shape index (κ3) is 6.10. The number of halogens is 1. The van der Waals surface area contributed by atoms with Crippen molar-refractivity contribution in [1.82, 2.24) is 9.80 Å². The van der Waals surface area contributed by atoms with Crippen LogP contribution in [-0.4, -0.2) is 61.1 Å². The minimum Gasteiger partial charge on any atom is -0.370 e. The van der Waals surface area contributed by atoms with Crippen LogP contribution in [0.2, 0.25) is 0 Å². The van der Waals surface area contributed by atoms with Gasteiger partial charge in [-0.1, -0.05) is 25.1 Å². The molecule has 3 N–H and O–H groups in total. The second-order valence-electron chi connectivity index (χ2n) is 5.54. The number of aliphatic imine (C=N–C) groups is 1. The number of nitrogens with zero attached hydrogens (tertiary/aromatic N) is 3. The third-order valence-corrected chi connectivity index (χ3v) is 4.05. The normalized spacial score (nSPS) is 18.5. The van der Waals surface area contributed by atoms with Gasteiger partial charge in [-0.15, -0.1) is 24.0 Å². The number of rotatable bonds is 5. The number of hydrogen-bond donors (Lipinski definition) is 2. The van der Waals surface area contributed by atoms with Crippen molar-refractivity contribution in [3.05, 3.63) is 30.3 Å². The molecule has 2 rings (SSSR count). The molecule has 1 aliphatic rings. The largest absolute Gasteiger partial charge is 0.370 e. The molecule has 0 spiro atoms. The predicted molar refractivity (Wildman–Crippen MR) is 105 cm³/mol. The quantitative estimate of drug-likeness (QED) is 0.438. The van der Waals surface area contributed by atoms with Crippen molar-refractivity contribution in [2.45, 2.75) is 19.9 Å². The topological polar surface area (TPSA) is 56.9 Å². The number of nitrogens with two attached hydrogens (primary N) is 1. The van der Waals surface area contributed by atoms with E-state index in [1.807, 2.05) is 30.3 Å². The Bertz CT molecular complexity index is 443. The lowest BCUT2D eigenvalue weighted by molar-refractivity contribution is 0.109. The molecule has 1 aromatic carbocycles. The maximum atomic E-state index is 5.94. The number of guanidine groups is 1. The molecule has 1 atom stereocenters. The number of benzene rings is 1. The predicted octanol–water partition coefficient (Wildman–Crippen LogP) is 2.06. The van der Waals surface area contributed by atoms with Gasteiger partial charge in [-0.3, -0.25) is 9.89 Å². The molecule has 1 unspecified atom stereocenters. The van der Waals surface area contributed by atoms with Crippen LogP contribution in [0.25, 0.3) is 0 Å². The van der Waals surface area contributed by atoms with Crippen LogP contribution in [0.1, 0.15) is 13.8 Å². The second-order valence-corrected chi connectivity index (χ2v) is 5.54. The van der Waals surface area contributed by atoms with Gasteiger partial charge in [0.15, 0.2) is 5.96 Å². The highest BCUT2D eigenvalue weighted by atomic mass is 127. The fraction of sp³-hybridized carbons (Fsp3) is 0.562. The van der Waals surface area contributed by atoms with Crippen LogP contribution < -0.4 is 11.1 Å². The van der Waals surface area contributed by atoms with E-state index < -0.39 is 0 Å². The summed E-state index contributed by atoms with van der Waals surface area (Å²) >= 11 is 0. The van der Waals surface area contributed by atoms with E-state index >= 15 is 0 Å². The van der Waals surface area contributed by atoms with Crippen molar-refractivity contribution in [2.24, 2.45) is 10.7 Å². The Balaban J connectivity index is 0.00000242. The van der Waals surface area contributed by atoms with E-state index in [-0.39, 0.29) is 24.0 Å². The Kier molecular flexibility index (Phi) is 8.74. The van der Waals surface area contributed by atoms with Gasteiger partial charge >= 0.3 is 0 Å². The van der Waals surface area contributed by atoms with Crippen LogP contribution in [0.3, 0.4) is 0 Å². The Labute approximate surface area is 151 Å². The van der Waals surface area contributed by atoms with Crippen LogP contribution in [0.5, 0.6) is 0 Å². The molecule has 1 saturated heterocycles. The average molecular weight is 417 g/mol. The Morgan fingerprint density at radius 2 is 1.86 bits per heavy atom. The zero-order chi connectivity index (χ0) is 15.1. The van der Waals surface area contributed by atoms with Crippen molar-refractivity contribution in [3.8, 4) is 0 Å². The standard InChI is InChI=1S/C16H27N5.HI/c1-3-20-9-11-21(12-10-20)14(2)13-18-16(17)19-15-7-5-4-6-8-15;/h4-8,14H,3,9-13H2,1-2H3,(H3,17,18,19);1H. The van der Waals surface area contributed by atoms with E-state index in [0.717, 1.165) is 45.0 Å². The highest BCUT2D eigenvalue weighted by molar-refractivity contribution is 14.0. The maximum absolute atomic E-state index is 5.94. The summed E-state index contributed by atoms with van der Waals surface area (Å²) in [5.41, 5.74) is 6.91. The van der Waals surface area contributed by atoms with Gasteiger partial charge in [0.1, 0.15) is 0 Å². The fourth-order valence-electron chi connectivity index (χ4n) is 2.58. The van der Waals surface area contributed by atoms with Crippen LogP contribution in [0.15, 0.2) is 35.3 Å². The molecule has 1 heterocycles. The lowest BCUT2D eigenvalue weighted by Crippen LogP contribution is -2.50. The lowest BCUT2D eigenvalue weighted by Gasteiger charge is -2.37.